The number of aryl methyl sites for hydroxylation is 1. The number of hydrogen-bond acceptors (Lipinski definition) is 7. The maximum absolute atomic E-state index is 14.4. The number of nitrogens with zero attached hydrogens (tertiary/aromatic N) is 3. The van der Waals surface area contributed by atoms with Gasteiger partial charge in [-0.25, -0.2) is 8.42 Å². The van der Waals surface area contributed by atoms with Gasteiger partial charge in [0.2, 0.25) is 11.8 Å². The molecule has 0 aromatic heterocycles. The number of carbonyl (C=O) groups is 2. The van der Waals surface area contributed by atoms with Crippen molar-refractivity contribution in [1.82, 2.24) is 10.2 Å². The van der Waals surface area contributed by atoms with E-state index in [-0.39, 0.29) is 51.8 Å². The number of carbonyl (C=O) groups excluding carboxylic acids is 2. The molecule has 2 amide bonds. The summed E-state index contributed by atoms with van der Waals surface area (Å²) in [5.74, 6) is -0.543. The maximum Gasteiger partial charge on any atom is 0.273 e. The lowest BCUT2D eigenvalue weighted by molar-refractivity contribution is -0.385. The quantitative estimate of drug-likeness (QED) is 0.155. The first-order valence-corrected chi connectivity index (χ1v) is 17.5. The summed E-state index contributed by atoms with van der Waals surface area (Å²) in [5.41, 5.74) is 0.614. The fourth-order valence-electron chi connectivity index (χ4n) is 5.65. The highest BCUT2D eigenvalue weighted by molar-refractivity contribution is 7.92. The molecule has 0 saturated heterocycles. The fraction of sp³-hybridized carbons (Fsp3) is 0.394. The number of nitro benzene ring substituents is 1. The summed E-state index contributed by atoms with van der Waals surface area (Å²) in [6, 6.07) is 13.5. The summed E-state index contributed by atoms with van der Waals surface area (Å²) in [6.45, 7) is 2.52. The molecule has 3 aromatic carbocycles. The molecule has 14 heteroatoms. The summed E-state index contributed by atoms with van der Waals surface area (Å²) < 4.78 is 34.5. The lowest BCUT2D eigenvalue weighted by Gasteiger charge is -2.34. The van der Waals surface area contributed by atoms with Gasteiger partial charge in [-0.1, -0.05) is 61.5 Å². The van der Waals surface area contributed by atoms with Crippen LogP contribution in [0.25, 0.3) is 0 Å². The van der Waals surface area contributed by atoms with Crippen LogP contribution in [-0.2, 0) is 26.2 Å². The van der Waals surface area contributed by atoms with Gasteiger partial charge in [0.25, 0.3) is 15.7 Å². The Morgan fingerprint density at radius 1 is 1.02 bits per heavy atom. The minimum absolute atomic E-state index is 0.0132. The highest BCUT2D eigenvalue weighted by Gasteiger charge is 2.35. The molecule has 0 bridgehead atoms. The van der Waals surface area contributed by atoms with Gasteiger partial charge in [-0.05, 0) is 74.2 Å². The molecule has 11 nitrogen and oxygen atoms in total. The number of benzene rings is 3. The maximum atomic E-state index is 14.4. The average molecular weight is 706 g/mol. The number of methoxy groups -OCH3 is 1. The number of halogens is 2. The fourth-order valence-corrected chi connectivity index (χ4v) is 7.40. The molecule has 0 aliphatic heterocycles. The van der Waals surface area contributed by atoms with E-state index >= 15 is 0 Å². The van der Waals surface area contributed by atoms with Crippen molar-refractivity contribution >= 4 is 56.4 Å². The first-order chi connectivity index (χ1) is 22.3. The Bertz CT molecular complexity index is 1710. The zero-order valence-electron chi connectivity index (χ0n) is 26.4. The molecule has 4 rings (SSSR count). The predicted octanol–water partition coefficient (Wildman–Crippen LogP) is 6.67. The molecular formula is C33H38Cl2N4O7S. The Labute approximate surface area is 285 Å². The highest BCUT2D eigenvalue weighted by atomic mass is 35.5. The number of rotatable bonds is 13. The van der Waals surface area contributed by atoms with Crippen LogP contribution in [0, 0.1) is 17.0 Å². The Hall–Kier alpha value is -3.87. The van der Waals surface area contributed by atoms with Crippen molar-refractivity contribution in [3.63, 3.8) is 0 Å². The molecule has 1 saturated carbocycles. The van der Waals surface area contributed by atoms with Gasteiger partial charge in [0.1, 0.15) is 18.3 Å². The smallest absolute Gasteiger partial charge is 0.273 e. The van der Waals surface area contributed by atoms with E-state index in [9.17, 15) is 28.1 Å². The van der Waals surface area contributed by atoms with Crippen LogP contribution in [0.3, 0.4) is 0 Å². The van der Waals surface area contributed by atoms with Crippen LogP contribution in [0.2, 0.25) is 10.0 Å². The van der Waals surface area contributed by atoms with Crippen LogP contribution < -0.4 is 14.4 Å². The van der Waals surface area contributed by atoms with Crippen LogP contribution in [-0.4, -0.2) is 55.8 Å². The topological polar surface area (TPSA) is 139 Å². The molecule has 0 spiro atoms. The van der Waals surface area contributed by atoms with Gasteiger partial charge in [-0.3, -0.25) is 24.0 Å². The van der Waals surface area contributed by atoms with Crippen molar-refractivity contribution in [2.24, 2.45) is 0 Å². The third-order valence-corrected chi connectivity index (χ3v) is 10.8. The molecule has 3 aromatic rings. The minimum Gasteiger partial charge on any atom is -0.497 e. The van der Waals surface area contributed by atoms with Gasteiger partial charge in [-0.2, -0.15) is 0 Å². The number of ether oxygens (including phenoxy) is 1. The summed E-state index contributed by atoms with van der Waals surface area (Å²) in [7, 11) is -3.07. The Morgan fingerprint density at radius 3 is 2.30 bits per heavy atom. The highest BCUT2D eigenvalue weighted by Crippen LogP contribution is 2.30. The Kier molecular flexibility index (Phi) is 12.1. The van der Waals surface area contributed by atoms with Gasteiger partial charge >= 0.3 is 0 Å². The second-order valence-electron chi connectivity index (χ2n) is 11.5. The molecule has 0 unspecified atom stereocenters. The van der Waals surface area contributed by atoms with E-state index in [2.05, 4.69) is 5.32 Å². The number of sulfonamides is 1. The van der Waals surface area contributed by atoms with Gasteiger partial charge in [-0.15, -0.1) is 0 Å². The van der Waals surface area contributed by atoms with Crippen molar-refractivity contribution in [3.8, 4) is 5.75 Å². The van der Waals surface area contributed by atoms with E-state index in [4.69, 9.17) is 27.9 Å². The van der Waals surface area contributed by atoms with E-state index in [0.717, 1.165) is 42.5 Å². The first kappa shape index (κ1) is 36.0. The van der Waals surface area contributed by atoms with Crippen LogP contribution in [0.5, 0.6) is 5.75 Å². The standard InChI is InChI=1S/C33H38Cl2N4O7S/c1-4-30(33(41)36-24-8-6-5-7-9-24)37(20-23-11-17-28(34)29(35)18-23)32(40)21-38(25-12-14-26(46-3)15-13-25)47(44,45)27-16-10-22(2)31(19-27)39(42)43/h10-19,24,30H,4-9,20-21H2,1-3H3,(H,36,41)/t30-/m0/s1. The zero-order chi connectivity index (χ0) is 34.3. The van der Waals surface area contributed by atoms with E-state index in [1.807, 2.05) is 0 Å². The molecule has 47 heavy (non-hydrogen) atoms. The monoisotopic (exact) mass is 704 g/mol. The third kappa shape index (κ3) is 8.74. The van der Waals surface area contributed by atoms with Crippen molar-refractivity contribution in [2.45, 2.75) is 75.9 Å². The Morgan fingerprint density at radius 2 is 1.70 bits per heavy atom. The second kappa shape index (κ2) is 15.8. The van der Waals surface area contributed by atoms with Crippen LogP contribution in [0.15, 0.2) is 65.6 Å². The van der Waals surface area contributed by atoms with Crippen molar-refractivity contribution in [3.05, 3.63) is 92.0 Å². The summed E-state index contributed by atoms with van der Waals surface area (Å²) >= 11 is 12.4. The van der Waals surface area contributed by atoms with Crippen molar-refractivity contribution in [1.29, 1.82) is 0 Å². The number of amides is 2. The largest absolute Gasteiger partial charge is 0.497 e. The normalized spacial score (nSPS) is 14.2. The van der Waals surface area contributed by atoms with Crippen molar-refractivity contribution in [2.75, 3.05) is 18.0 Å². The number of nitro groups is 1. The second-order valence-corrected chi connectivity index (χ2v) is 14.1. The van der Waals surface area contributed by atoms with Crippen LogP contribution in [0.4, 0.5) is 11.4 Å². The van der Waals surface area contributed by atoms with E-state index in [1.165, 1.54) is 43.2 Å². The van der Waals surface area contributed by atoms with Crippen molar-refractivity contribution < 1.29 is 27.7 Å². The Balaban J connectivity index is 1.76. The summed E-state index contributed by atoms with van der Waals surface area (Å²) in [5, 5.41) is 15.4. The molecule has 1 fully saturated rings. The number of hydrogen-bond donors (Lipinski definition) is 1. The zero-order valence-corrected chi connectivity index (χ0v) is 28.8. The van der Waals surface area contributed by atoms with Gasteiger partial charge in [0.05, 0.1) is 32.7 Å². The third-order valence-electron chi connectivity index (χ3n) is 8.28. The lowest BCUT2D eigenvalue weighted by Crippen LogP contribution is -2.54. The molecular weight excluding hydrogens is 667 g/mol. The summed E-state index contributed by atoms with van der Waals surface area (Å²) in [6.07, 6.45) is 5.04. The minimum atomic E-state index is -4.53. The number of nitrogens with one attached hydrogen (secondary N) is 1. The molecule has 1 aliphatic rings. The summed E-state index contributed by atoms with van der Waals surface area (Å²) in [4.78, 5) is 40.1. The number of anilines is 1. The van der Waals surface area contributed by atoms with Crippen LogP contribution >= 0.6 is 23.2 Å². The molecule has 0 heterocycles. The van der Waals surface area contributed by atoms with E-state index < -0.39 is 33.4 Å². The molecule has 252 valence electrons. The van der Waals surface area contributed by atoms with Crippen LogP contribution in [0.1, 0.15) is 56.6 Å². The molecule has 1 atom stereocenters. The van der Waals surface area contributed by atoms with Gasteiger partial charge < -0.3 is 15.0 Å². The predicted molar refractivity (Wildman–Crippen MR) is 181 cm³/mol. The average Bonchev–Trinajstić information content (AvgIpc) is 3.05. The SMILES string of the molecule is CC[C@@H](C(=O)NC1CCCCC1)N(Cc1ccc(Cl)c(Cl)c1)C(=O)CN(c1ccc(OC)cc1)S(=O)(=O)c1ccc(C)c([N+](=O)[O-])c1. The van der Waals surface area contributed by atoms with Gasteiger partial charge in [0.15, 0.2) is 0 Å². The molecule has 0 radical (unpaired) electrons. The van der Waals surface area contributed by atoms with E-state index in [0.29, 0.717) is 16.3 Å². The van der Waals surface area contributed by atoms with E-state index in [1.54, 1.807) is 37.3 Å². The first-order valence-electron chi connectivity index (χ1n) is 15.3. The lowest BCUT2D eigenvalue weighted by atomic mass is 9.95. The molecule has 1 aliphatic carbocycles. The van der Waals surface area contributed by atoms with Gasteiger partial charge in [0, 0.05) is 24.2 Å². The molecule has 1 N–H and O–H groups in total.